The SMILES string of the molecule is CC#CC(CC(=O)OCC)c1ccc(O)cc1.CC#CC(CC(=O)OCC)c1ccc(OCc2nn(-c3ccccc3)nc2C)cc1.Cc1nn(-c2ccccc2)nc1CCl. The Morgan fingerprint density at radius 3 is 1.48 bits per heavy atom. The fraction of sp³-hybridized carbons (Fsp3) is 0.292. The largest absolute Gasteiger partial charge is 0.508 e. The number of para-hydroxylation sites is 2. The molecule has 12 nitrogen and oxygen atoms in total. The van der Waals surface area contributed by atoms with Crippen molar-refractivity contribution in [3.63, 3.8) is 0 Å². The van der Waals surface area contributed by atoms with E-state index in [0.29, 0.717) is 31.5 Å². The van der Waals surface area contributed by atoms with E-state index in [9.17, 15) is 14.7 Å². The average Bonchev–Trinajstić information content (AvgIpc) is 3.85. The van der Waals surface area contributed by atoms with Gasteiger partial charge in [-0.05, 0) is 101 Å². The first-order valence-electron chi connectivity index (χ1n) is 19.8. The molecule has 0 spiro atoms. The minimum absolute atomic E-state index is 0.181. The molecule has 0 amide bonds. The number of aromatic hydroxyl groups is 1. The average molecular weight is 843 g/mol. The second-order valence-electron chi connectivity index (χ2n) is 13.2. The zero-order valence-electron chi connectivity index (χ0n) is 35.3. The van der Waals surface area contributed by atoms with Crippen molar-refractivity contribution in [2.75, 3.05) is 13.2 Å². The lowest BCUT2D eigenvalue weighted by Gasteiger charge is -2.12. The second-order valence-corrected chi connectivity index (χ2v) is 13.5. The number of rotatable bonds is 14. The molecule has 0 bridgehead atoms. The molecule has 2 atom stereocenters. The number of benzene rings is 4. The van der Waals surface area contributed by atoms with E-state index in [1.165, 1.54) is 0 Å². The molecule has 4 aromatic carbocycles. The number of ether oxygens (including phenoxy) is 3. The number of carbonyl (C=O) groups excluding carboxylic acids is 2. The molecule has 2 unspecified atom stereocenters. The summed E-state index contributed by atoms with van der Waals surface area (Å²) in [6.07, 6.45) is 0.468. The fourth-order valence-electron chi connectivity index (χ4n) is 5.71. The van der Waals surface area contributed by atoms with Crippen molar-refractivity contribution in [2.45, 2.75) is 78.7 Å². The van der Waals surface area contributed by atoms with Gasteiger partial charge < -0.3 is 19.3 Å². The molecule has 2 heterocycles. The first kappa shape index (κ1) is 46.8. The summed E-state index contributed by atoms with van der Waals surface area (Å²) in [6.45, 7) is 12.0. The molecule has 6 rings (SSSR count). The minimum Gasteiger partial charge on any atom is -0.508 e. The molecule has 0 fully saturated rings. The molecule has 0 aliphatic heterocycles. The van der Waals surface area contributed by atoms with Crippen LogP contribution in [-0.4, -0.2) is 60.2 Å². The van der Waals surface area contributed by atoms with Crippen LogP contribution in [0.5, 0.6) is 11.5 Å². The van der Waals surface area contributed by atoms with Gasteiger partial charge in [-0.2, -0.15) is 24.9 Å². The molecule has 316 valence electrons. The standard InChI is InChI=1S/C24H25N3O3.C14H16O3.C10H10ClN3/c1-4-9-20(16-24(28)29-5-2)19-12-14-22(15-13-19)30-17-23-18(3)25-27(26-23)21-10-7-6-8-11-21;1-3-5-12(10-14(16)17-4-2)11-6-8-13(15)9-7-11;1-8-10(7-11)13-14(12-8)9-5-3-2-4-6-9/h6-8,10-15,20H,5,16-17H2,1-3H3;6-9,12,15H,4,10H2,1-2H3;2-6H,7H2,1H3. The third kappa shape index (κ3) is 15.0. The molecule has 0 saturated carbocycles. The molecule has 0 aliphatic carbocycles. The van der Waals surface area contributed by atoms with E-state index in [1.54, 1.807) is 61.6 Å². The Labute approximate surface area is 362 Å². The normalized spacial score (nSPS) is 11.1. The first-order valence-corrected chi connectivity index (χ1v) is 20.3. The lowest BCUT2D eigenvalue weighted by Crippen LogP contribution is -2.09. The molecule has 61 heavy (non-hydrogen) atoms. The van der Waals surface area contributed by atoms with Crippen LogP contribution in [0.15, 0.2) is 109 Å². The van der Waals surface area contributed by atoms with E-state index in [0.717, 1.165) is 45.3 Å². The topological polar surface area (TPSA) is 143 Å². The molecule has 6 aromatic rings. The van der Waals surface area contributed by atoms with Crippen LogP contribution in [0.4, 0.5) is 0 Å². The summed E-state index contributed by atoms with van der Waals surface area (Å²) in [6, 6.07) is 33.9. The quantitative estimate of drug-likeness (QED) is 0.0641. The third-order valence-electron chi connectivity index (χ3n) is 8.80. The van der Waals surface area contributed by atoms with E-state index in [4.69, 9.17) is 25.8 Å². The van der Waals surface area contributed by atoms with Gasteiger partial charge in [0.15, 0.2) is 0 Å². The molecular weight excluding hydrogens is 792 g/mol. The van der Waals surface area contributed by atoms with Crippen LogP contribution in [-0.2, 0) is 31.5 Å². The highest BCUT2D eigenvalue weighted by Crippen LogP contribution is 2.24. The van der Waals surface area contributed by atoms with Gasteiger partial charge in [-0.3, -0.25) is 9.59 Å². The number of nitrogens with zero attached hydrogens (tertiary/aromatic N) is 6. The van der Waals surface area contributed by atoms with Gasteiger partial charge in [0.2, 0.25) is 0 Å². The van der Waals surface area contributed by atoms with Gasteiger partial charge in [-0.25, -0.2) is 0 Å². The van der Waals surface area contributed by atoms with Gasteiger partial charge in [0.05, 0.1) is 66.5 Å². The summed E-state index contributed by atoms with van der Waals surface area (Å²) in [5.41, 5.74) is 7.02. The Bertz CT molecular complexity index is 2390. The molecule has 13 heteroatoms. The maximum absolute atomic E-state index is 11.8. The van der Waals surface area contributed by atoms with Crippen molar-refractivity contribution >= 4 is 23.5 Å². The molecule has 2 aromatic heterocycles. The summed E-state index contributed by atoms with van der Waals surface area (Å²) >= 11 is 5.72. The number of phenols is 1. The van der Waals surface area contributed by atoms with Crippen LogP contribution in [0.3, 0.4) is 0 Å². The number of halogens is 1. The van der Waals surface area contributed by atoms with E-state index in [-0.39, 0.29) is 42.4 Å². The molecule has 1 N–H and O–H groups in total. The molecule has 0 saturated heterocycles. The number of esters is 2. The molecular formula is C48H51ClN6O6. The van der Waals surface area contributed by atoms with Gasteiger partial charge in [-0.15, -0.1) is 28.5 Å². The van der Waals surface area contributed by atoms with Gasteiger partial charge in [-0.1, -0.05) is 72.5 Å². The zero-order valence-corrected chi connectivity index (χ0v) is 36.1. The van der Waals surface area contributed by atoms with Crippen LogP contribution in [0.1, 0.15) is 86.3 Å². The Balaban J connectivity index is 0.000000222. The van der Waals surface area contributed by atoms with E-state index in [2.05, 4.69) is 44.1 Å². The molecule has 0 radical (unpaired) electrons. The number of aryl methyl sites for hydroxylation is 2. The van der Waals surface area contributed by atoms with E-state index in [1.807, 2.05) is 98.8 Å². The van der Waals surface area contributed by atoms with Crippen molar-refractivity contribution in [3.05, 3.63) is 143 Å². The van der Waals surface area contributed by atoms with Gasteiger partial charge in [0.25, 0.3) is 0 Å². The number of hydrogen-bond donors (Lipinski definition) is 1. The lowest BCUT2D eigenvalue weighted by molar-refractivity contribution is -0.144. The summed E-state index contributed by atoms with van der Waals surface area (Å²) < 4.78 is 15.9. The Morgan fingerprint density at radius 2 is 1.07 bits per heavy atom. The van der Waals surface area contributed by atoms with Crippen molar-refractivity contribution < 1.29 is 28.9 Å². The van der Waals surface area contributed by atoms with Crippen LogP contribution in [0.2, 0.25) is 0 Å². The van der Waals surface area contributed by atoms with Crippen molar-refractivity contribution in [2.24, 2.45) is 0 Å². The Hall–Kier alpha value is -6.89. The predicted octanol–water partition coefficient (Wildman–Crippen LogP) is 8.98. The smallest absolute Gasteiger partial charge is 0.307 e. The molecule has 0 aliphatic rings. The van der Waals surface area contributed by atoms with Crippen LogP contribution >= 0.6 is 11.6 Å². The van der Waals surface area contributed by atoms with Gasteiger partial charge >= 0.3 is 11.9 Å². The third-order valence-corrected chi connectivity index (χ3v) is 9.05. The lowest BCUT2D eigenvalue weighted by atomic mass is 9.96. The number of phenolic OH excluding ortho intramolecular Hbond substituents is 1. The highest BCUT2D eigenvalue weighted by molar-refractivity contribution is 6.16. The number of hydrogen-bond acceptors (Lipinski definition) is 10. The van der Waals surface area contributed by atoms with Crippen LogP contribution in [0, 0.1) is 37.5 Å². The minimum atomic E-state index is -0.256. The second kappa shape index (κ2) is 24.9. The Kier molecular flexibility index (Phi) is 19.1. The number of aromatic nitrogens is 6. The van der Waals surface area contributed by atoms with Crippen molar-refractivity contribution in [3.8, 4) is 46.6 Å². The predicted molar refractivity (Wildman–Crippen MR) is 236 cm³/mol. The highest BCUT2D eigenvalue weighted by atomic mass is 35.5. The van der Waals surface area contributed by atoms with E-state index >= 15 is 0 Å². The summed E-state index contributed by atoms with van der Waals surface area (Å²) in [4.78, 5) is 26.5. The van der Waals surface area contributed by atoms with Crippen LogP contribution in [0.25, 0.3) is 11.4 Å². The summed E-state index contributed by atoms with van der Waals surface area (Å²) in [5.74, 6) is 12.2. The van der Waals surface area contributed by atoms with Gasteiger partial charge in [0, 0.05) is 0 Å². The van der Waals surface area contributed by atoms with Crippen molar-refractivity contribution in [1.82, 2.24) is 30.0 Å². The maximum atomic E-state index is 11.8. The van der Waals surface area contributed by atoms with Gasteiger partial charge in [0.1, 0.15) is 29.5 Å². The summed E-state index contributed by atoms with van der Waals surface area (Å²) in [7, 11) is 0. The fourth-order valence-corrected chi connectivity index (χ4v) is 5.96. The van der Waals surface area contributed by atoms with Crippen LogP contribution < -0.4 is 4.74 Å². The Morgan fingerprint density at radius 1 is 0.639 bits per heavy atom. The number of alkyl halides is 1. The zero-order chi connectivity index (χ0) is 44.0. The maximum Gasteiger partial charge on any atom is 0.307 e. The van der Waals surface area contributed by atoms with Crippen molar-refractivity contribution in [1.29, 1.82) is 0 Å². The first-order chi connectivity index (χ1) is 29.6. The van der Waals surface area contributed by atoms with E-state index < -0.39 is 0 Å². The highest BCUT2D eigenvalue weighted by Gasteiger charge is 2.16. The number of carbonyl (C=O) groups is 2. The monoisotopic (exact) mass is 842 g/mol. The summed E-state index contributed by atoms with van der Waals surface area (Å²) in [5, 5.41) is 26.7.